The topological polar surface area (TPSA) is 168 Å². The SMILES string of the molecule is NC(=O)C1[C@@H](O)[C@H](O)CN1C(=O)[C@H](O)[C@H](Cc1ccccc1)N1C[C@@H](O)[C@H](O)C1. The first-order chi connectivity index (χ1) is 13.7. The first kappa shape index (κ1) is 21.6. The van der Waals surface area contributed by atoms with E-state index in [1.807, 2.05) is 30.3 Å². The molecule has 29 heavy (non-hydrogen) atoms. The number of hydrogen-bond donors (Lipinski definition) is 6. The first-order valence-corrected chi connectivity index (χ1v) is 9.48. The van der Waals surface area contributed by atoms with Crippen molar-refractivity contribution in [1.29, 1.82) is 0 Å². The van der Waals surface area contributed by atoms with E-state index < -0.39 is 54.4 Å². The fourth-order valence-corrected chi connectivity index (χ4v) is 4.07. The number of primary amides is 1. The fourth-order valence-electron chi connectivity index (χ4n) is 4.07. The van der Waals surface area contributed by atoms with Crippen molar-refractivity contribution in [1.82, 2.24) is 9.80 Å². The zero-order valence-electron chi connectivity index (χ0n) is 15.8. The van der Waals surface area contributed by atoms with Crippen LogP contribution in [-0.2, 0) is 16.0 Å². The van der Waals surface area contributed by atoms with E-state index in [2.05, 4.69) is 0 Å². The number of aliphatic hydroxyl groups excluding tert-OH is 5. The summed E-state index contributed by atoms with van der Waals surface area (Å²) in [7, 11) is 0. The second-order valence-electron chi connectivity index (χ2n) is 7.69. The predicted molar refractivity (Wildman–Crippen MR) is 100 cm³/mol. The molecule has 7 N–H and O–H groups in total. The van der Waals surface area contributed by atoms with E-state index in [4.69, 9.17) is 5.73 Å². The van der Waals surface area contributed by atoms with Crippen LogP contribution in [0.2, 0.25) is 0 Å². The Morgan fingerprint density at radius 3 is 2.14 bits per heavy atom. The normalized spacial score (nSPS) is 32.3. The summed E-state index contributed by atoms with van der Waals surface area (Å²) >= 11 is 0. The summed E-state index contributed by atoms with van der Waals surface area (Å²) in [6.07, 6.45) is -6.30. The van der Waals surface area contributed by atoms with Crippen molar-refractivity contribution in [2.75, 3.05) is 19.6 Å². The molecule has 0 saturated carbocycles. The van der Waals surface area contributed by atoms with Crippen LogP contribution in [0.4, 0.5) is 0 Å². The maximum absolute atomic E-state index is 13.0. The molecule has 0 radical (unpaired) electrons. The van der Waals surface area contributed by atoms with Gasteiger partial charge in [-0.2, -0.15) is 0 Å². The molecule has 7 atom stereocenters. The van der Waals surface area contributed by atoms with Crippen molar-refractivity contribution in [3.8, 4) is 0 Å². The average molecular weight is 409 g/mol. The number of rotatable bonds is 6. The molecule has 2 amide bonds. The van der Waals surface area contributed by atoms with Crippen molar-refractivity contribution in [2.45, 2.75) is 49.0 Å². The summed E-state index contributed by atoms with van der Waals surface area (Å²) in [5.74, 6) is -1.84. The third-order valence-electron chi connectivity index (χ3n) is 5.67. The number of β-amino-alcohol motifs (C(OH)–C–C–N with tert-alkyl or cyclic N) is 3. The van der Waals surface area contributed by atoms with Crippen LogP contribution >= 0.6 is 0 Å². The standard InChI is InChI=1S/C19H27N3O7/c20-18(28)15-17(27)14(25)9-22(15)19(29)16(26)11(6-10-4-2-1-3-5-10)21-7-12(23)13(24)8-21/h1-5,11-17,23-27H,6-9H2,(H2,20,28)/t11-,12+,13+,14+,15?,16+,17-/m0/s1. The summed E-state index contributed by atoms with van der Waals surface area (Å²) in [5.41, 5.74) is 6.10. The third-order valence-corrected chi connectivity index (χ3v) is 5.67. The molecular formula is C19H27N3O7. The maximum Gasteiger partial charge on any atom is 0.253 e. The lowest BCUT2D eigenvalue weighted by atomic mass is 9.98. The van der Waals surface area contributed by atoms with Crippen LogP contribution in [-0.4, -0.2) is 109 Å². The van der Waals surface area contributed by atoms with E-state index in [-0.39, 0.29) is 26.1 Å². The van der Waals surface area contributed by atoms with Gasteiger partial charge in [-0.3, -0.25) is 14.5 Å². The summed E-state index contributed by atoms with van der Waals surface area (Å²) in [6.45, 7) is -0.213. The molecule has 0 spiro atoms. The minimum Gasteiger partial charge on any atom is -0.389 e. The lowest BCUT2D eigenvalue weighted by Gasteiger charge is -2.34. The highest BCUT2D eigenvalue weighted by Gasteiger charge is 2.49. The number of carbonyl (C=O) groups is 2. The highest BCUT2D eigenvalue weighted by molar-refractivity contribution is 5.90. The number of nitrogens with two attached hydrogens (primary N) is 1. The highest BCUT2D eigenvalue weighted by atomic mass is 16.3. The fraction of sp³-hybridized carbons (Fsp3) is 0.579. The minimum absolute atomic E-state index is 0.0630. The van der Waals surface area contributed by atoms with Crippen LogP contribution in [0.25, 0.3) is 0 Å². The Labute approximate surface area is 167 Å². The van der Waals surface area contributed by atoms with E-state index in [0.717, 1.165) is 10.5 Å². The predicted octanol–water partition coefficient (Wildman–Crippen LogP) is -3.59. The number of hydrogen-bond acceptors (Lipinski definition) is 8. The zero-order chi connectivity index (χ0) is 21.3. The van der Waals surface area contributed by atoms with Gasteiger partial charge in [-0.1, -0.05) is 30.3 Å². The Morgan fingerprint density at radius 1 is 1.00 bits per heavy atom. The summed E-state index contributed by atoms with van der Waals surface area (Å²) in [6, 6.07) is 6.84. The molecule has 2 aliphatic rings. The van der Waals surface area contributed by atoms with Crippen LogP contribution in [0.1, 0.15) is 5.56 Å². The summed E-state index contributed by atoms with van der Waals surface area (Å²) in [4.78, 5) is 27.2. The quantitative estimate of drug-likeness (QED) is 0.280. The molecule has 10 nitrogen and oxygen atoms in total. The Morgan fingerprint density at radius 2 is 1.59 bits per heavy atom. The van der Waals surface area contributed by atoms with Crippen molar-refractivity contribution >= 4 is 11.8 Å². The van der Waals surface area contributed by atoms with Gasteiger partial charge < -0.3 is 36.2 Å². The Kier molecular flexibility index (Phi) is 6.52. The van der Waals surface area contributed by atoms with Gasteiger partial charge in [0.25, 0.3) is 5.91 Å². The lowest BCUT2D eigenvalue weighted by Crippen LogP contribution is -2.56. The van der Waals surface area contributed by atoms with Gasteiger partial charge in [0.2, 0.25) is 5.91 Å². The number of benzene rings is 1. The van der Waals surface area contributed by atoms with Crippen LogP contribution < -0.4 is 5.73 Å². The largest absolute Gasteiger partial charge is 0.389 e. The molecule has 0 aromatic heterocycles. The number of aliphatic hydroxyl groups is 5. The van der Waals surface area contributed by atoms with Gasteiger partial charge >= 0.3 is 0 Å². The average Bonchev–Trinajstić information content (AvgIpc) is 3.18. The molecule has 2 heterocycles. The molecule has 1 aromatic rings. The van der Waals surface area contributed by atoms with E-state index in [1.165, 1.54) is 0 Å². The number of amides is 2. The maximum atomic E-state index is 13.0. The molecular weight excluding hydrogens is 382 g/mol. The molecule has 160 valence electrons. The van der Waals surface area contributed by atoms with Crippen LogP contribution in [0.5, 0.6) is 0 Å². The van der Waals surface area contributed by atoms with E-state index in [9.17, 15) is 35.1 Å². The molecule has 0 bridgehead atoms. The van der Waals surface area contributed by atoms with Gasteiger partial charge in [0.05, 0.1) is 24.9 Å². The molecule has 2 fully saturated rings. The van der Waals surface area contributed by atoms with E-state index in [0.29, 0.717) is 0 Å². The smallest absolute Gasteiger partial charge is 0.253 e. The Hall–Kier alpha value is -2.08. The lowest BCUT2D eigenvalue weighted by molar-refractivity contribution is -0.149. The Bertz CT molecular complexity index is 724. The molecule has 2 aliphatic heterocycles. The van der Waals surface area contributed by atoms with Crippen molar-refractivity contribution in [3.05, 3.63) is 35.9 Å². The number of likely N-dealkylation sites (tertiary alicyclic amines) is 2. The van der Waals surface area contributed by atoms with Crippen molar-refractivity contribution < 1.29 is 35.1 Å². The molecule has 2 saturated heterocycles. The van der Waals surface area contributed by atoms with Crippen molar-refractivity contribution in [3.63, 3.8) is 0 Å². The number of carbonyl (C=O) groups excluding carboxylic acids is 2. The van der Waals surface area contributed by atoms with Crippen LogP contribution in [0, 0.1) is 0 Å². The molecule has 10 heteroatoms. The monoisotopic (exact) mass is 409 g/mol. The minimum atomic E-state index is -1.63. The highest BCUT2D eigenvalue weighted by Crippen LogP contribution is 2.24. The summed E-state index contributed by atoms with van der Waals surface area (Å²) < 4.78 is 0. The third kappa shape index (κ3) is 4.42. The van der Waals surface area contributed by atoms with Crippen molar-refractivity contribution in [2.24, 2.45) is 5.73 Å². The van der Waals surface area contributed by atoms with Gasteiger partial charge in [0, 0.05) is 19.1 Å². The second-order valence-corrected chi connectivity index (χ2v) is 7.69. The van der Waals surface area contributed by atoms with Gasteiger partial charge in [0.15, 0.2) is 0 Å². The molecule has 1 unspecified atom stereocenters. The Balaban J connectivity index is 1.84. The molecule has 0 aliphatic carbocycles. The summed E-state index contributed by atoms with van der Waals surface area (Å²) in [5, 5.41) is 50.5. The second kappa shape index (κ2) is 8.74. The first-order valence-electron chi connectivity index (χ1n) is 9.48. The zero-order valence-corrected chi connectivity index (χ0v) is 15.8. The van der Waals surface area contributed by atoms with Gasteiger partial charge in [0.1, 0.15) is 18.2 Å². The molecule has 3 rings (SSSR count). The van der Waals surface area contributed by atoms with Gasteiger partial charge in [-0.25, -0.2) is 0 Å². The van der Waals surface area contributed by atoms with Crippen LogP contribution in [0.3, 0.4) is 0 Å². The number of nitrogens with zero attached hydrogens (tertiary/aromatic N) is 2. The van der Waals surface area contributed by atoms with Gasteiger partial charge in [-0.15, -0.1) is 0 Å². The van der Waals surface area contributed by atoms with E-state index >= 15 is 0 Å². The molecule has 1 aromatic carbocycles. The van der Waals surface area contributed by atoms with Crippen LogP contribution in [0.15, 0.2) is 30.3 Å². The van der Waals surface area contributed by atoms with Gasteiger partial charge in [-0.05, 0) is 12.0 Å². The van der Waals surface area contributed by atoms with E-state index in [1.54, 1.807) is 4.90 Å².